The van der Waals surface area contributed by atoms with E-state index in [-0.39, 0.29) is 0 Å². The maximum atomic E-state index is 13.0. The van der Waals surface area contributed by atoms with Crippen LogP contribution in [0.4, 0.5) is 19.0 Å². The molecule has 162 valence electrons. The van der Waals surface area contributed by atoms with Crippen LogP contribution in [0.3, 0.4) is 0 Å². The lowest BCUT2D eigenvalue weighted by Gasteiger charge is -2.41. The molecule has 30 heavy (non-hydrogen) atoms. The van der Waals surface area contributed by atoms with Crippen LogP contribution in [0.15, 0.2) is 18.2 Å². The van der Waals surface area contributed by atoms with Crippen LogP contribution >= 0.6 is 0 Å². The minimum atomic E-state index is -4.50. The first-order valence-electron chi connectivity index (χ1n) is 10.5. The van der Waals surface area contributed by atoms with Crippen LogP contribution < -0.4 is 4.90 Å². The number of halogens is 3. The lowest BCUT2D eigenvalue weighted by Crippen LogP contribution is -2.50. The maximum Gasteiger partial charge on any atom is 0.416 e. The van der Waals surface area contributed by atoms with Crippen molar-refractivity contribution in [2.24, 2.45) is 0 Å². The normalized spacial score (nSPS) is 20.3. The van der Waals surface area contributed by atoms with Crippen LogP contribution in [0.25, 0.3) is 11.3 Å². The number of aromatic hydroxyl groups is 1. The smallest absolute Gasteiger partial charge is 0.416 e. The van der Waals surface area contributed by atoms with Gasteiger partial charge in [-0.25, -0.2) is 0 Å². The van der Waals surface area contributed by atoms with Crippen molar-refractivity contribution in [3.8, 4) is 17.0 Å². The van der Waals surface area contributed by atoms with Crippen LogP contribution in [-0.4, -0.2) is 52.4 Å². The minimum absolute atomic E-state index is 0.310. The molecule has 8 heteroatoms. The maximum absolute atomic E-state index is 13.0. The average molecular weight is 420 g/mol. The summed E-state index contributed by atoms with van der Waals surface area (Å²) in [7, 11) is 0. The Hall–Kier alpha value is -2.35. The van der Waals surface area contributed by atoms with Crippen molar-refractivity contribution < 1.29 is 18.3 Å². The van der Waals surface area contributed by atoms with Gasteiger partial charge in [0.1, 0.15) is 5.75 Å². The predicted octanol–water partition coefficient (Wildman–Crippen LogP) is 4.41. The van der Waals surface area contributed by atoms with Gasteiger partial charge in [0.05, 0.1) is 11.3 Å². The summed E-state index contributed by atoms with van der Waals surface area (Å²) >= 11 is 0. The zero-order valence-electron chi connectivity index (χ0n) is 17.3. The standard InChI is InChI=1S/C22H27F3N4O/c1-3-28-8-5-7-17(13-28)29-9-4-6-15-11-18(26-27-21(15)29)20-14(2)10-16(12-19(20)30)22(23,24)25/h10-12,17,30H,3-9,13H2,1-2H3/t17-/m1/s1. The molecule has 0 bridgehead atoms. The monoisotopic (exact) mass is 420 g/mol. The van der Waals surface area contributed by atoms with Gasteiger partial charge in [-0.2, -0.15) is 13.2 Å². The third-order valence-corrected chi connectivity index (χ3v) is 6.23. The second-order valence-electron chi connectivity index (χ2n) is 8.25. The van der Waals surface area contributed by atoms with E-state index in [0.717, 1.165) is 75.4 Å². The number of anilines is 1. The number of aromatic nitrogens is 2. The number of hydrogen-bond acceptors (Lipinski definition) is 5. The molecule has 0 amide bonds. The number of aryl methyl sites for hydroxylation is 2. The molecule has 0 aliphatic carbocycles. The molecule has 1 fully saturated rings. The van der Waals surface area contributed by atoms with Gasteiger partial charge in [0, 0.05) is 24.7 Å². The number of likely N-dealkylation sites (N-methyl/N-ethyl adjacent to an activating group) is 1. The van der Waals surface area contributed by atoms with E-state index in [4.69, 9.17) is 0 Å². The molecule has 0 unspecified atom stereocenters. The highest BCUT2D eigenvalue weighted by Gasteiger charge is 2.33. The second kappa shape index (κ2) is 8.06. The molecule has 5 nitrogen and oxygen atoms in total. The van der Waals surface area contributed by atoms with E-state index in [1.807, 2.05) is 6.07 Å². The summed E-state index contributed by atoms with van der Waals surface area (Å²) in [5, 5.41) is 19.1. The Labute approximate surface area is 174 Å². The molecule has 4 rings (SSSR count). The van der Waals surface area contributed by atoms with E-state index in [9.17, 15) is 18.3 Å². The summed E-state index contributed by atoms with van der Waals surface area (Å²) < 4.78 is 39.1. The molecule has 0 radical (unpaired) electrons. The van der Waals surface area contributed by atoms with Gasteiger partial charge in [-0.15, -0.1) is 10.2 Å². The molecule has 1 N–H and O–H groups in total. The third-order valence-electron chi connectivity index (χ3n) is 6.23. The quantitative estimate of drug-likeness (QED) is 0.797. The zero-order chi connectivity index (χ0) is 21.5. The highest BCUT2D eigenvalue weighted by atomic mass is 19.4. The molecule has 0 spiro atoms. The van der Waals surface area contributed by atoms with Gasteiger partial charge in [0.2, 0.25) is 0 Å². The molecule has 1 atom stereocenters. The fourth-order valence-corrected chi connectivity index (χ4v) is 4.71. The molecule has 1 aromatic heterocycles. The Morgan fingerprint density at radius 1 is 1.13 bits per heavy atom. The first-order chi connectivity index (χ1) is 14.3. The van der Waals surface area contributed by atoms with E-state index in [2.05, 4.69) is 26.9 Å². The number of phenols is 1. The zero-order valence-corrected chi connectivity index (χ0v) is 17.3. The summed E-state index contributed by atoms with van der Waals surface area (Å²) in [5.41, 5.74) is 1.23. The highest BCUT2D eigenvalue weighted by Crippen LogP contribution is 2.39. The summed E-state index contributed by atoms with van der Waals surface area (Å²) in [6.07, 6.45) is -0.375. The summed E-state index contributed by atoms with van der Waals surface area (Å²) in [4.78, 5) is 4.80. The third kappa shape index (κ3) is 3.97. The average Bonchev–Trinajstić information content (AvgIpc) is 2.72. The Bertz CT molecular complexity index is 908. The molecular formula is C22H27F3N4O. The highest BCUT2D eigenvalue weighted by molar-refractivity contribution is 5.72. The van der Waals surface area contributed by atoms with E-state index in [1.54, 1.807) is 6.92 Å². The topological polar surface area (TPSA) is 52.5 Å². The number of alkyl halides is 3. The van der Waals surface area contributed by atoms with Gasteiger partial charge >= 0.3 is 6.18 Å². The van der Waals surface area contributed by atoms with E-state index in [0.29, 0.717) is 22.9 Å². The van der Waals surface area contributed by atoms with Crippen molar-refractivity contribution in [2.45, 2.75) is 51.7 Å². The Morgan fingerprint density at radius 2 is 1.93 bits per heavy atom. The van der Waals surface area contributed by atoms with Gasteiger partial charge in [-0.1, -0.05) is 6.92 Å². The van der Waals surface area contributed by atoms with Gasteiger partial charge in [-0.3, -0.25) is 0 Å². The van der Waals surface area contributed by atoms with Crippen LogP contribution in [-0.2, 0) is 12.6 Å². The second-order valence-corrected chi connectivity index (χ2v) is 8.25. The van der Waals surface area contributed by atoms with Gasteiger partial charge < -0.3 is 14.9 Å². The molecule has 2 aromatic rings. The Balaban J connectivity index is 1.66. The number of rotatable bonds is 3. The Kier molecular flexibility index (Phi) is 5.61. The van der Waals surface area contributed by atoms with Crippen molar-refractivity contribution in [2.75, 3.05) is 31.1 Å². The van der Waals surface area contributed by atoms with Crippen LogP contribution in [0.2, 0.25) is 0 Å². The molecule has 2 aliphatic rings. The van der Waals surface area contributed by atoms with Gasteiger partial charge in [-0.05, 0) is 75.0 Å². The van der Waals surface area contributed by atoms with E-state index >= 15 is 0 Å². The predicted molar refractivity (Wildman–Crippen MR) is 110 cm³/mol. The number of fused-ring (bicyclic) bond motifs is 1. The Morgan fingerprint density at radius 3 is 2.63 bits per heavy atom. The number of piperidine rings is 1. The number of nitrogens with zero attached hydrogens (tertiary/aromatic N) is 4. The number of benzene rings is 1. The minimum Gasteiger partial charge on any atom is -0.507 e. The molecule has 2 aliphatic heterocycles. The largest absolute Gasteiger partial charge is 0.507 e. The summed E-state index contributed by atoms with van der Waals surface area (Å²) in [6, 6.07) is 4.09. The molecule has 0 saturated carbocycles. The van der Waals surface area contributed by atoms with Crippen molar-refractivity contribution in [1.29, 1.82) is 0 Å². The van der Waals surface area contributed by atoms with Crippen LogP contribution in [0.5, 0.6) is 5.75 Å². The van der Waals surface area contributed by atoms with Crippen LogP contribution in [0, 0.1) is 6.92 Å². The number of likely N-dealkylation sites (tertiary alicyclic amines) is 1. The van der Waals surface area contributed by atoms with Crippen molar-refractivity contribution in [3.05, 3.63) is 34.9 Å². The van der Waals surface area contributed by atoms with Crippen molar-refractivity contribution >= 4 is 5.82 Å². The lowest BCUT2D eigenvalue weighted by molar-refractivity contribution is -0.137. The van der Waals surface area contributed by atoms with Crippen molar-refractivity contribution in [1.82, 2.24) is 15.1 Å². The van der Waals surface area contributed by atoms with Gasteiger partial charge in [0.25, 0.3) is 0 Å². The molecule has 1 aromatic carbocycles. The van der Waals surface area contributed by atoms with Crippen molar-refractivity contribution in [3.63, 3.8) is 0 Å². The van der Waals surface area contributed by atoms with E-state index in [1.165, 1.54) is 0 Å². The molecule has 1 saturated heterocycles. The molecular weight excluding hydrogens is 393 g/mol. The summed E-state index contributed by atoms with van der Waals surface area (Å²) in [6.45, 7) is 7.85. The number of hydrogen-bond donors (Lipinski definition) is 1. The summed E-state index contributed by atoms with van der Waals surface area (Å²) in [5.74, 6) is 0.451. The van der Waals surface area contributed by atoms with Gasteiger partial charge in [0.15, 0.2) is 5.82 Å². The molecule has 3 heterocycles. The van der Waals surface area contributed by atoms with Crippen LogP contribution in [0.1, 0.15) is 42.9 Å². The fraction of sp³-hybridized carbons (Fsp3) is 0.545. The van der Waals surface area contributed by atoms with E-state index < -0.39 is 17.5 Å². The fourth-order valence-electron chi connectivity index (χ4n) is 4.71. The number of phenolic OH excluding ortho intramolecular Hbond substituents is 1. The SMILES string of the molecule is CCN1CCC[C@@H](N2CCCc3cc(-c4c(C)cc(C(F)(F)F)cc4O)nnc32)C1. The lowest BCUT2D eigenvalue weighted by atomic mass is 9.96. The first kappa shape index (κ1) is 20.9. The first-order valence-corrected chi connectivity index (χ1v) is 10.5.